The molecule has 1 radical (unpaired) electrons. The highest BCUT2D eigenvalue weighted by Crippen LogP contribution is 2.12. The highest BCUT2D eigenvalue weighted by Gasteiger charge is 2.25. The molecule has 167 valence electrons. The number of sulfonamides is 1. The fourth-order valence-corrected chi connectivity index (χ4v) is 4.52. The Hall–Kier alpha value is -3.16. The molecule has 3 rings (SSSR count). The summed E-state index contributed by atoms with van der Waals surface area (Å²) in [6.07, 6.45) is 0.978. The van der Waals surface area contributed by atoms with Gasteiger partial charge in [-0.05, 0) is 48.7 Å². The molecule has 0 aliphatic carbocycles. The first-order chi connectivity index (χ1) is 15.5. The van der Waals surface area contributed by atoms with Crippen molar-refractivity contribution in [2.24, 2.45) is 0 Å². The van der Waals surface area contributed by atoms with Gasteiger partial charge < -0.3 is 10.2 Å². The molecule has 1 atom stereocenters. The first kappa shape index (κ1) is 23.5. The molecule has 6 nitrogen and oxygen atoms in total. The molecular weight excluding hydrogens is 422 g/mol. The summed E-state index contributed by atoms with van der Waals surface area (Å²) in [5.74, 6) is -0.347. The number of hydrogen-bond acceptors (Lipinski definition) is 4. The predicted octanol–water partition coefficient (Wildman–Crippen LogP) is 3.02. The molecule has 1 amide bonds. The van der Waals surface area contributed by atoms with Gasteiger partial charge >= 0.3 is 0 Å². The highest BCUT2D eigenvalue weighted by atomic mass is 32.2. The quantitative estimate of drug-likeness (QED) is 0.440. The third-order valence-electron chi connectivity index (χ3n) is 5.06. The van der Waals surface area contributed by atoms with E-state index < -0.39 is 16.1 Å². The summed E-state index contributed by atoms with van der Waals surface area (Å²) in [6.45, 7) is 1.21. The summed E-state index contributed by atoms with van der Waals surface area (Å²) in [6, 6.07) is 27.2. The fourth-order valence-electron chi connectivity index (χ4n) is 3.30. The molecule has 0 fully saturated rings. The second-order valence-corrected chi connectivity index (χ2v) is 9.21. The van der Waals surface area contributed by atoms with E-state index in [2.05, 4.69) is 21.0 Å². The SMILES string of the molecule is CN(CCCNC(=O)[C@H](Cc1cc[c]cc1)NS(=O)(=O)c1ccccc1)c1ccccc1. The minimum atomic E-state index is -3.83. The van der Waals surface area contributed by atoms with Crippen molar-refractivity contribution in [1.82, 2.24) is 10.0 Å². The van der Waals surface area contributed by atoms with Crippen LogP contribution in [0.15, 0.2) is 89.8 Å². The minimum Gasteiger partial charge on any atom is -0.375 e. The Morgan fingerprint density at radius 1 is 0.969 bits per heavy atom. The van der Waals surface area contributed by atoms with E-state index in [1.165, 1.54) is 12.1 Å². The van der Waals surface area contributed by atoms with E-state index in [9.17, 15) is 13.2 Å². The summed E-state index contributed by atoms with van der Waals surface area (Å²) < 4.78 is 28.2. The average Bonchev–Trinajstić information content (AvgIpc) is 2.83. The van der Waals surface area contributed by atoms with Crippen molar-refractivity contribution in [2.45, 2.75) is 23.8 Å². The largest absolute Gasteiger partial charge is 0.375 e. The lowest BCUT2D eigenvalue weighted by Gasteiger charge is -2.21. The number of nitrogens with one attached hydrogen (secondary N) is 2. The molecule has 7 heteroatoms. The van der Waals surface area contributed by atoms with Crippen LogP contribution in [-0.4, -0.2) is 40.5 Å². The van der Waals surface area contributed by atoms with E-state index in [-0.39, 0.29) is 17.2 Å². The fraction of sp³-hybridized carbons (Fsp3) is 0.240. The maximum Gasteiger partial charge on any atom is 0.241 e. The zero-order chi connectivity index (χ0) is 22.8. The van der Waals surface area contributed by atoms with Gasteiger partial charge in [-0.15, -0.1) is 0 Å². The van der Waals surface area contributed by atoms with E-state index in [1.807, 2.05) is 49.5 Å². The van der Waals surface area contributed by atoms with E-state index >= 15 is 0 Å². The van der Waals surface area contributed by atoms with Gasteiger partial charge in [-0.1, -0.05) is 60.7 Å². The van der Waals surface area contributed by atoms with Gasteiger partial charge in [0.05, 0.1) is 4.90 Å². The average molecular weight is 451 g/mol. The minimum absolute atomic E-state index is 0.128. The predicted molar refractivity (Wildman–Crippen MR) is 127 cm³/mol. The third-order valence-corrected chi connectivity index (χ3v) is 6.55. The van der Waals surface area contributed by atoms with Crippen molar-refractivity contribution in [1.29, 1.82) is 0 Å². The van der Waals surface area contributed by atoms with E-state index in [4.69, 9.17) is 0 Å². The second-order valence-electron chi connectivity index (χ2n) is 7.50. The van der Waals surface area contributed by atoms with Crippen LogP contribution in [0.3, 0.4) is 0 Å². The molecule has 2 N–H and O–H groups in total. The monoisotopic (exact) mass is 450 g/mol. The summed E-state index contributed by atoms with van der Waals surface area (Å²) in [4.78, 5) is 15.2. The molecule has 0 saturated heterocycles. The molecular formula is C25H28N3O3S. The zero-order valence-electron chi connectivity index (χ0n) is 18.1. The number of benzene rings is 3. The van der Waals surface area contributed by atoms with Crippen LogP contribution in [0.1, 0.15) is 12.0 Å². The maximum absolute atomic E-state index is 12.9. The summed E-state index contributed by atoms with van der Waals surface area (Å²) in [5.41, 5.74) is 1.96. The van der Waals surface area contributed by atoms with Crippen molar-refractivity contribution in [3.8, 4) is 0 Å². The highest BCUT2D eigenvalue weighted by molar-refractivity contribution is 7.89. The smallest absolute Gasteiger partial charge is 0.241 e. The van der Waals surface area contributed by atoms with Gasteiger partial charge in [0, 0.05) is 25.8 Å². The van der Waals surface area contributed by atoms with Gasteiger partial charge in [0.25, 0.3) is 0 Å². The number of rotatable bonds is 11. The molecule has 0 aromatic heterocycles. The molecule has 3 aromatic carbocycles. The lowest BCUT2D eigenvalue weighted by Crippen LogP contribution is -2.48. The number of carbonyl (C=O) groups is 1. The second kappa shape index (κ2) is 11.5. The number of hydrogen-bond donors (Lipinski definition) is 2. The van der Waals surface area contributed by atoms with Crippen LogP contribution in [0, 0.1) is 6.07 Å². The molecule has 0 aliphatic rings. The molecule has 0 saturated carbocycles. The Labute approximate surface area is 190 Å². The zero-order valence-corrected chi connectivity index (χ0v) is 18.9. The summed E-state index contributed by atoms with van der Waals surface area (Å²) in [5, 5.41) is 2.88. The summed E-state index contributed by atoms with van der Waals surface area (Å²) in [7, 11) is -1.83. The van der Waals surface area contributed by atoms with Crippen molar-refractivity contribution in [2.75, 3.05) is 25.0 Å². The van der Waals surface area contributed by atoms with Crippen molar-refractivity contribution >= 4 is 21.6 Å². The normalized spacial score (nSPS) is 12.2. The van der Waals surface area contributed by atoms with Gasteiger partial charge in [0.1, 0.15) is 6.04 Å². The van der Waals surface area contributed by atoms with Gasteiger partial charge in [-0.3, -0.25) is 4.79 Å². The standard InChI is InChI=1S/C25H28N3O3S/c1-28(22-14-7-3-8-15-22)19-11-18-26-25(29)24(20-21-12-5-2-6-13-21)27-32(30,31)23-16-9-4-10-17-23/h3-10,12-17,24,27H,11,18-20H2,1H3,(H,26,29)/t24-/m0/s1. The van der Waals surface area contributed by atoms with Crippen LogP contribution >= 0.6 is 0 Å². The van der Waals surface area contributed by atoms with Gasteiger partial charge in [-0.2, -0.15) is 4.72 Å². The Morgan fingerprint density at radius 3 is 2.25 bits per heavy atom. The van der Waals surface area contributed by atoms with Gasteiger partial charge in [0.2, 0.25) is 15.9 Å². The first-order valence-electron chi connectivity index (χ1n) is 10.5. The first-order valence-corrected chi connectivity index (χ1v) is 12.0. The molecule has 3 aromatic rings. The number of nitrogens with zero attached hydrogens (tertiary/aromatic N) is 1. The van der Waals surface area contributed by atoms with Crippen LogP contribution in [0.5, 0.6) is 0 Å². The molecule has 0 unspecified atom stereocenters. The number of para-hydroxylation sites is 1. The molecule has 0 heterocycles. The maximum atomic E-state index is 12.9. The van der Waals surface area contributed by atoms with Gasteiger partial charge in [-0.25, -0.2) is 8.42 Å². The van der Waals surface area contributed by atoms with Crippen LogP contribution < -0.4 is 14.9 Å². The van der Waals surface area contributed by atoms with E-state index in [0.717, 1.165) is 24.2 Å². The van der Waals surface area contributed by atoms with Crippen molar-refractivity contribution < 1.29 is 13.2 Å². The van der Waals surface area contributed by atoms with Crippen LogP contribution in [0.25, 0.3) is 0 Å². The number of amides is 1. The Kier molecular flexibility index (Phi) is 8.41. The molecule has 0 spiro atoms. The number of anilines is 1. The van der Waals surface area contributed by atoms with E-state index in [0.29, 0.717) is 6.54 Å². The Morgan fingerprint density at radius 2 is 1.59 bits per heavy atom. The Bertz CT molecular complexity index is 1080. The van der Waals surface area contributed by atoms with Crippen LogP contribution in [0.2, 0.25) is 0 Å². The van der Waals surface area contributed by atoms with Crippen molar-refractivity contribution in [3.63, 3.8) is 0 Å². The van der Waals surface area contributed by atoms with Crippen molar-refractivity contribution in [3.05, 3.63) is 96.6 Å². The van der Waals surface area contributed by atoms with Crippen LogP contribution in [-0.2, 0) is 21.2 Å². The topological polar surface area (TPSA) is 78.5 Å². The molecule has 0 aliphatic heterocycles. The lowest BCUT2D eigenvalue weighted by molar-refractivity contribution is -0.122. The lowest BCUT2D eigenvalue weighted by atomic mass is 10.1. The molecule has 0 bridgehead atoms. The summed E-state index contributed by atoms with van der Waals surface area (Å²) >= 11 is 0. The Balaban J connectivity index is 1.61. The van der Waals surface area contributed by atoms with Crippen LogP contribution in [0.4, 0.5) is 5.69 Å². The molecule has 32 heavy (non-hydrogen) atoms. The third kappa shape index (κ3) is 6.93. The number of carbonyl (C=O) groups excluding carboxylic acids is 1. The van der Waals surface area contributed by atoms with Gasteiger partial charge in [0.15, 0.2) is 0 Å². The van der Waals surface area contributed by atoms with E-state index in [1.54, 1.807) is 30.3 Å².